The highest BCUT2D eigenvalue weighted by molar-refractivity contribution is 9.10. The largest absolute Gasteiger partial charge is 0.444 e. The van der Waals surface area contributed by atoms with Crippen molar-refractivity contribution in [1.82, 2.24) is 14.9 Å². The van der Waals surface area contributed by atoms with Gasteiger partial charge in [-0.3, -0.25) is 4.79 Å². The average Bonchev–Trinajstić information content (AvgIpc) is 2.73. The number of carbonyl (C=O) groups excluding carboxylic acids is 2. The summed E-state index contributed by atoms with van der Waals surface area (Å²) in [6.45, 7) is 6.74. The third-order valence-electron chi connectivity index (χ3n) is 4.65. The monoisotopic (exact) mass is 540 g/mol. The predicted molar refractivity (Wildman–Crippen MR) is 128 cm³/mol. The van der Waals surface area contributed by atoms with Crippen LogP contribution in [0.5, 0.6) is 0 Å². The van der Waals surface area contributed by atoms with E-state index in [1.165, 1.54) is 12.3 Å². The van der Waals surface area contributed by atoms with Gasteiger partial charge >= 0.3 is 6.09 Å². The molecule has 170 valence electrons. The Morgan fingerprint density at radius 1 is 1.22 bits per heavy atom. The molecule has 1 aliphatic rings. The van der Waals surface area contributed by atoms with Crippen LogP contribution in [0.1, 0.15) is 37.6 Å². The summed E-state index contributed by atoms with van der Waals surface area (Å²) >= 11 is 15.6. The molecule has 0 fully saturated rings. The summed E-state index contributed by atoms with van der Waals surface area (Å²) in [5.74, 6) is -0.257. The second kappa shape index (κ2) is 10.2. The van der Waals surface area contributed by atoms with Gasteiger partial charge in [0, 0.05) is 37.6 Å². The SMILES string of the molecule is CC(C)(C)OC(=O)N1CC=C(CN(C(=O)c2ccnc(Cl)c2)c2ccnc(Cl)c2Br)CC1. The highest BCUT2D eigenvalue weighted by Gasteiger charge is 2.27. The van der Waals surface area contributed by atoms with Crippen molar-refractivity contribution in [2.75, 3.05) is 24.5 Å². The molecule has 10 heteroatoms. The molecule has 0 saturated heterocycles. The van der Waals surface area contributed by atoms with Gasteiger partial charge in [-0.05, 0) is 61.3 Å². The number of nitrogens with zero attached hydrogens (tertiary/aromatic N) is 4. The van der Waals surface area contributed by atoms with Crippen molar-refractivity contribution in [2.45, 2.75) is 32.8 Å². The molecule has 1 aliphatic heterocycles. The topological polar surface area (TPSA) is 75.6 Å². The Hall–Kier alpha value is -2.16. The Balaban J connectivity index is 1.85. The second-order valence-electron chi connectivity index (χ2n) is 8.23. The zero-order valence-electron chi connectivity index (χ0n) is 17.9. The molecule has 3 heterocycles. The fourth-order valence-corrected chi connectivity index (χ4v) is 3.90. The van der Waals surface area contributed by atoms with Gasteiger partial charge in [0.1, 0.15) is 15.9 Å². The van der Waals surface area contributed by atoms with Crippen molar-refractivity contribution in [1.29, 1.82) is 0 Å². The summed E-state index contributed by atoms with van der Waals surface area (Å²) in [6.07, 6.45) is 5.24. The first kappa shape index (κ1) is 24.5. The van der Waals surface area contributed by atoms with Crippen LogP contribution in [0.25, 0.3) is 0 Å². The minimum Gasteiger partial charge on any atom is -0.444 e. The number of hydrogen-bond donors (Lipinski definition) is 0. The van der Waals surface area contributed by atoms with E-state index in [4.69, 9.17) is 27.9 Å². The molecule has 7 nitrogen and oxygen atoms in total. The van der Waals surface area contributed by atoms with E-state index >= 15 is 0 Å². The summed E-state index contributed by atoms with van der Waals surface area (Å²) < 4.78 is 5.96. The van der Waals surface area contributed by atoms with Crippen molar-refractivity contribution in [3.05, 3.63) is 62.6 Å². The van der Waals surface area contributed by atoms with Crippen molar-refractivity contribution >= 4 is 56.8 Å². The second-order valence-corrected chi connectivity index (χ2v) is 9.77. The summed E-state index contributed by atoms with van der Waals surface area (Å²) in [7, 11) is 0. The molecule has 3 rings (SSSR count). The van der Waals surface area contributed by atoms with Crippen LogP contribution in [0.4, 0.5) is 10.5 Å². The van der Waals surface area contributed by atoms with Crippen LogP contribution in [0.15, 0.2) is 46.7 Å². The van der Waals surface area contributed by atoms with E-state index in [0.29, 0.717) is 41.8 Å². The smallest absolute Gasteiger partial charge is 0.410 e. The zero-order valence-corrected chi connectivity index (χ0v) is 21.0. The fourth-order valence-electron chi connectivity index (χ4n) is 3.13. The maximum Gasteiger partial charge on any atom is 0.410 e. The van der Waals surface area contributed by atoms with Gasteiger partial charge in [-0.25, -0.2) is 14.8 Å². The van der Waals surface area contributed by atoms with E-state index in [9.17, 15) is 9.59 Å². The minimum atomic E-state index is -0.553. The van der Waals surface area contributed by atoms with E-state index in [1.54, 1.807) is 28.1 Å². The molecule has 0 bridgehead atoms. The summed E-state index contributed by atoms with van der Waals surface area (Å²) in [5, 5.41) is 0.481. The number of hydrogen-bond acceptors (Lipinski definition) is 5. The zero-order chi connectivity index (χ0) is 23.5. The number of halogens is 3. The number of aromatic nitrogens is 2. The quantitative estimate of drug-likeness (QED) is 0.363. The summed E-state index contributed by atoms with van der Waals surface area (Å²) in [5.41, 5.74) is 1.44. The van der Waals surface area contributed by atoms with Gasteiger partial charge < -0.3 is 14.5 Å². The molecule has 0 atom stereocenters. The first-order valence-corrected chi connectivity index (χ1v) is 11.5. The molecular weight excluding hydrogens is 519 g/mol. The van der Waals surface area contributed by atoms with Crippen molar-refractivity contribution in [3.8, 4) is 0 Å². The van der Waals surface area contributed by atoms with Crippen LogP contribution in [0, 0.1) is 0 Å². The Morgan fingerprint density at radius 3 is 2.56 bits per heavy atom. The Morgan fingerprint density at radius 2 is 1.94 bits per heavy atom. The number of amides is 2. The summed E-state index contributed by atoms with van der Waals surface area (Å²) in [4.78, 5) is 37.0. The van der Waals surface area contributed by atoms with Crippen LogP contribution in [-0.2, 0) is 4.74 Å². The first-order chi connectivity index (χ1) is 15.0. The van der Waals surface area contributed by atoms with Crippen LogP contribution >= 0.6 is 39.1 Å². The molecule has 2 aromatic rings. The van der Waals surface area contributed by atoms with Gasteiger partial charge in [0.25, 0.3) is 5.91 Å². The van der Waals surface area contributed by atoms with Crippen LogP contribution < -0.4 is 4.90 Å². The molecule has 0 unspecified atom stereocenters. The maximum absolute atomic E-state index is 13.4. The van der Waals surface area contributed by atoms with Crippen LogP contribution in [0.2, 0.25) is 10.3 Å². The number of carbonyl (C=O) groups is 2. The van der Waals surface area contributed by atoms with E-state index in [2.05, 4.69) is 25.9 Å². The first-order valence-electron chi connectivity index (χ1n) is 9.94. The van der Waals surface area contributed by atoms with Crippen molar-refractivity contribution < 1.29 is 14.3 Å². The average molecular weight is 542 g/mol. The third-order valence-corrected chi connectivity index (χ3v) is 6.16. The number of anilines is 1. The molecule has 0 N–H and O–H groups in total. The lowest BCUT2D eigenvalue weighted by atomic mass is 10.1. The fraction of sp³-hybridized carbons (Fsp3) is 0.364. The van der Waals surface area contributed by atoms with E-state index in [0.717, 1.165) is 5.57 Å². The highest BCUT2D eigenvalue weighted by atomic mass is 79.9. The van der Waals surface area contributed by atoms with Crippen molar-refractivity contribution in [2.24, 2.45) is 0 Å². The Kier molecular flexibility index (Phi) is 7.79. The molecule has 2 amide bonds. The molecule has 0 aromatic carbocycles. The Bertz CT molecular complexity index is 1060. The van der Waals surface area contributed by atoms with E-state index in [1.807, 2.05) is 26.8 Å². The number of ether oxygens (including phenoxy) is 1. The molecule has 0 aliphatic carbocycles. The highest BCUT2D eigenvalue weighted by Crippen LogP contribution is 2.33. The van der Waals surface area contributed by atoms with Gasteiger partial charge in [-0.15, -0.1) is 0 Å². The maximum atomic E-state index is 13.4. The Labute approximate surface area is 205 Å². The van der Waals surface area contributed by atoms with Crippen LogP contribution in [-0.4, -0.2) is 52.1 Å². The third kappa shape index (κ3) is 6.21. The van der Waals surface area contributed by atoms with E-state index in [-0.39, 0.29) is 22.3 Å². The standard InChI is InChI=1S/C22H23BrCl2N4O3/c1-22(2,3)32-21(31)28-10-6-14(7-11-28)13-29(16-5-9-27-19(25)18(16)23)20(30)15-4-8-26-17(24)12-15/h4-6,8-9,12H,7,10-11,13H2,1-3H3. The lowest BCUT2D eigenvalue weighted by Gasteiger charge is -2.31. The molecule has 0 spiro atoms. The van der Waals surface area contributed by atoms with Crippen molar-refractivity contribution in [3.63, 3.8) is 0 Å². The lowest BCUT2D eigenvalue weighted by molar-refractivity contribution is 0.0265. The molecule has 0 saturated carbocycles. The predicted octanol–water partition coefficient (Wildman–Crippen LogP) is 5.76. The van der Waals surface area contributed by atoms with Gasteiger partial charge in [0.15, 0.2) is 0 Å². The van der Waals surface area contributed by atoms with Gasteiger partial charge in [-0.1, -0.05) is 34.9 Å². The summed E-state index contributed by atoms with van der Waals surface area (Å²) in [6, 6.07) is 4.84. The van der Waals surface area contributed by atoms with Gasteiger partial charge in [0.2, 0.25) is 0 Å². The van der Waals surface area contributed by atoms with Gasteiger partial charge in [0.05, 0.1) is 10.2 Å². The molecule has 32 heavy (non-hydrogen) atoms. The normalized spacial score (nSPS) is 14.1. The molecule has 2 aromatic heterocycles. The minimum absolute atomic E-state index is 0.229. The molecular formula is C22H23BrCl2N4O3. The number of rotatable bonds is 4. The van der Waals surface area contributed by atoms with Crippen LogP contribution in [0.3, 0.4) is 0 Å². The molecule has 0 radical (unpaired) electrons. The number of pyridine rings is 2. The van der Waals surface area contributed by atoms with E-state index < -0.39 is 5.60 Å². The lowest BCUT2D eigenvalue weighted by Crippen LogP contribution is -2.41. The van der Waals surface area contributed by atoms with Gasteiger partial charge in [-0.2, -0.15) is 0 Å².